The molecule has 1 aromatic carbocycles. The van der Waals surface area contributed by atoms with Gasteiger partial charge < -0.3 is 4.74 Å². The van der Waals surface area contributed by atoms with Crippen molar-refractivity contribution in [3.63, 3.8) is 0 Å². The average Bonchev–Trinajstić information content (AvgIpc) is 2.34. The number of nitrogens with zero attached hydrogens (tertiary/aromatic N) is 2. The topological polar surface area (TPSA) is 35.0 Å². The summed E-state index contributed by atoms with van der Waals surface area (Å²) in [5.41, 5.74) is 1.97. The van der Waals surface area contributed by atoms with E-state index in [2.05, 4.69) is 25.9 Å². The molecule has 0 fully saturated rings. The van der Waals surface area contributed by atoms with E-state index in [9.17, 15) is 0 Å². The molecule has 0 aliphatic carbocycles. The quantitative estimate of drug-likeness (QED) is 0.810. The molecule has 2 rings (SSSR count). The lowest BCUT2D eigenvalue weighted by molar-refractivity contribution is 0.185. The second-order valence-corrected chi connectivity index (χ2v) is 4.63. The number of hydrogen-bond donors (Lipinski definition) is 0. The number of benzene rings is 1. The minimum atomic E-state index is 0.405. The summed E-state index contributed by atoms with van der Waals surface area (Å²) in [5.74, 6) is 0.603. The van der Waals surface area contributed by atoms with Gasteiger partial charge in [0.15, 0.2) is 5.82 Å². The molecular formula is C12H10BrClN2O. The molecular weight excluding hydrogens is 304 g/mol. The Hall–Kier alpha value is -0.970. The maximum absolute atomic E-state index is 5.96. The molecule has 0 saturated heterocycles. The summed E-state index contributed by atoms with van der Waals surface area (Å²) in [5, 5.41) is 0.405. The third-order valence-corrected chi connectivity index (χ3v) is 3.36. The largest absolute Gasteiger partial charge is 0.380 e. The van der Waals surface area contributed by atoms with Gasteiger partial charge in [-0.25, -0.2) is 9.97 Å². The average molecular weight is 314 g/mol. The number of halogens is 2. The van der Waals surface area contributed by atoms with E-state index in [1.807, 2.05) is 24.3 Å². The fraction of sp³-hybridized carbons (Fsp3) is 0.167. The summed E-state index contributed by atoms with van der Waals surface area (Å²) in [4.78, 5) is 8.49. The minimum absolute atomic E-state index is 0.405. The van der Waals surface area contributed by atoms with E-state index < -0.39 is 0 Å². The Bertz CT molecular complexity index is 534. The van der Waals surface area contributed by atoms with Crippen molar-refractivity contribution in [3.8, 4) is 11.4 Å². The van der Waals surface area contributed by atoms with E-state index in [0.29, 0.717) is 22.1 Å². The van der Waals surface area contributed by atoms with E-state index in [1.54, 1.807) is 13.3 Å². The Kier molecular flexibility index (Phi) is 4.10. The third-order valence-electron chi connectivity index (χ3n) is 2.26. The summed E-state index contributed by atoms with van der Waals surface area (Å²) in [6.45, 7) is 0.521. The van der Waals surface area contributed by atoms with Gasteiger partial charge in [0.25, 0.3) is 0 Å². The van der Waals surface area contributed by atoms with Gasteiger partial charge in [-0.05, 0) is 21.5 Å². The van der Waals surface area contributed by atoms with Crippen LogP contribution in [0.3, 0.4) is 0 Å². The van der Waals surface area contributed by atoms with Gasteiger partial charge in [-0.1, -0.05) is 35.9 Å². The molecule has 0 unspecified atom stereocenters. The molecule has 0 saturated carbocycles. The van der Waals surface area contributed by atoms with Gasteiger partial charge in [0.05, 0.1) is 11.1 Å². The van der Waals surface area contributed by atoms with Crippen LogP contribution in [0.4, 0.5) is 0 Å². The van der Waals surface area contributed by atoms with Crippen LogP contribution in [0.5, 0.6) is 0 Å². The van der Waals surface area contributed by atoms with Crippen molar-refractivity contribution in [2.75, 3.05) is 7.11 Å². The van der Waals surface area contributed by atoms with Gasteiger partial charge in [-0.2, -0.15) is 0 Å². The van der Waals surface area contributed by atoms with E-state index in [0.717, 1.165) is 11.1 Å². The molecule has 88 valence electrons. The molecule has 5 heteroatoms. The second kappa shape index (κ2) is 5.58. The monoisotopic (exact) mass is 312 g/mol. The molecule has 0 bridgehead atoms. The Morgan fingerprint density at radius 1 is 1.35 bits per heavy atom. The van der Waals surface area contributed by atoms with E-state index in [-0.39, 0.29) is 0 Å². The van der Waals surface area contributed by atoms with Crippen molar-refractivity contribution in [2.24, 2.45) is 0 Å². The molecule has 1 aromatic heterocycles. The highest BCUT2D eigenvalue weighted by Gasteiger charge is 2.09. The second-order valence-electron chi connectivity index (χ2n) is 3.42. The predicted molar refractivity (Wildman–Crippen MR) is 70.9 cm³/mol. The van der Waals surface area contributed by atoms with Crippen LogP contribution in [0.1, 0.15) is 5.56 Å². The minimum Gasteiger partial charge on any atom is -0.380 e. The number of aromatic nitrogens is 2. The lowest BCUT2D eigenvalue weighted by Crippen LogP contribution is -1.96. The first-order valence-corrected chi connectivity index (χ1v) is 6.14. The fourth-order valence-electron chi connectivity index (χ4n) is 1.50. The summed E-state index contributed by atoms with van der Waals surface area (Å²) in [7, 11) is 1.66. The molecule has 3 nitrogen and oxygen atoms in total. The molecule has 0 radical (unpaired) electrons. The van der Waals surface area contributed by atoms with Crippen molar-refractivity contribution in [2.45, 2.75) is 6.61 Å². The Labute approximate surface area is 113 Å². The van der Waals surface area contributed by atoms with Crippen molar-refractivity contribution in [1.82, 2.24) is 9.97 Å². The zero-order valence-corrected chi connectivity index (χ0v) is 11.5. The summed E-state index contributed by atoms with van der Waals surface area (Å²) < 4.78 is 5.83. The highest BCUT2D eigenvalue weighted by Crippen LogP contribution is 2.25. The first-order valence-electron chi connectivity index (χ1n) is 4.97. The molecule has 0 aliphatic heterocycles. The number of hydrogen-bond acceptors (Lipinski definition) is 3. The lowest BCUT2D eigenvalue weighted by Gasteiger charge is -2.07. The van der Waals surface area contributed by atoms with E-state index >= 15 is 0 Å². The molecule has 0 N–H and O–H groups in total. The molecule has 17 heavy (non-hydrogen) atoms. The van der Waals surface area contributed by atoms with Gasteiger partial charge in [-0.15, -0.1) is 0 Å². The van der Waals surface area contributed by atoms with Gasteiger partial charge in [0.2, 0.25) is 0 Å². The van der Waals surface area contributed by atoms with Crippen LogP contribution in [-0.2, 0) is 11.3 Å². The Morgan fingerprint density at radius 3 is 2.82 bits per heavy atom. The van der Waals surface area contributed by atoms with E-state index in [4.69, 9.17) is 16.3 Å². The molecule has 2 aromatic rings. The highest BCUT2D eigenvalue weighted by atomic mass is 79.9. The zero-order chi connectivity index (χ0) is 12.3. The predicted octanol–water partition coefficient (Wildman–Crippen LogP) is 3.71. The molecule has 0 aliphatic rings. The summed E-state index contributed by atoms with van der Waals surface area (Å²) in [6, 6.07) is 7.83. The van der Waals surface area contributed by atoms with Crippen molar-refractivity contribution in [3.05, 3.63) is 45.7 Å². The van der Waals surface area contributed by atoms with Crippen LogP contribution in [0.15, 0.2) is 34.9 Å². The fourth-order valence-corrected chi connectivity index (χ4v) is 1.82. The van der Waals surface area contributed by atoms with Crippen LogP contribution in [0.2, 0.25) is 5.15 Å². The number of ether oxygens (including phenoxy) is 1. The third kappa shape index (κ3) is 2.83. The van der Waals surface area contributed by atoms with Gasteiger partial charge >= 0.3 is 0 Å². The SMILES string of the molecule is COCc1ccccc1-c1ncc(Br)c(Cl)n1. The molecule has 0 amide bonds. The zero-order valence-electron chi connectivity index (χ0n) is 9.15. The van der Waals surface area contributed by atoms with Crippen molar-refractivity contribution in [1.29, 1.82) is 0 Å². The smallest absolute Gasteiger partial charge is 0.161 e. The highest BCUT2D eigenvalue weighted by molar-refractivity contribution is 9.10. The van der Waals surface area contributed by atoms with Crippen LogP contribution in [-0.4, -0.2) is 17.1 Å². The summed E-state index contributed by atoms with van der Waals surface area (Å²) in [6.07, 6.45) is 1.65. The molecule has 1 heterocycles. The normalized spacial score (nSPS) is 10.5. The lowest BCUT2D eigenvalue weighted by atomic mass is 10.1. The van der Waals surface area contributed by atoms with Crippen molar-refractivity contribution >= 4 is 27.5 Å². The Morgan fingerprint density at radius 2 is 2.12 bits per heavy atom. The molecule has 0 spiro atoms. The van der Waals surface area contributed by atoms with Crippen LogP contribution >= 0.6 is 27.5 Å². The first-order chi connectivity index (χ1) is 8.22. The maximum Gasteiger partial charge on any atom is 0.161 e. The number of rotatable bonds is 3. The standard InChI is InChI=1S/C12H10BrClN2O/c1-17-7-8-4-2-3-5-9(8)12-15-6-10(13)11(14)16-12/h2-6H,7H2,1H3. The first kappa shape index (κ1) is 12.5. The van der Waals surface area contributed by atoms with Gasteiger partial charge in [0.1, 0.15) is 5.15 Å². The van der Waals surface area contributed by atoms with Crippen LogP contribution < -0.4 is 0 Å². The van der Waals surface area contributed by atoms with E-state index in [1.165, 1.54) is 0 Å². The summed E-state index contributed by atoms with van der Waals surface area (Å²) >= 11 is 9.23. The van der Waals surface area contributed by atoms with Gasteiger partial charge in [-0.3, -0.25) is 0 Å². The Balaban J connectivity index is 2.48. The van der Waals surface area contributed by atoms with Crippen LogP contribution in [0.25, 0.3) is 11.4 Å². The van der Waals surface area contributed by atoms with Gasteiger partial charge in [0, 0.05) is 18.9 Å². The molecule has 0 atom stereocenters. The van der Waals surface area contributed by atoms with Crippen LogP contribution in [0, 0.1) is 0 Å². The maximum atomic E-state index is 5.96. The van der Waals surface area contributed by atoms with Crippen molar-refractivity contribution < 1.29 is 4.74 Å². The number of methoxy groups -OCH3 is 1.